The van der Waals surface area contributed by atoms with Gasteiger partial charge in [0.1, 0.15) is 17.4 Å². The molecule has 0 radical (unpaired) electrons. The zero-order valence-electron chi connectivity index (χ0n) is 16.5. The van der Waals surface area contributed by atoms with Crippen LogP contribution >= 0.6 is 0 Å². The minimum absolute atomic E-state index is 0.00573. The number of hydrogen-bond acceptors (Lipinski definition) is 7. The van der Waals surface area contributed by atoms with E-state index in [0.29, 0.717) is 29.5 Å². The van der Waals surface area contributed by atoms with Crippen LogP contribution in [0.15, 0.2) is 53.9 Å². The zero-order chi connectivity index (χ0) is 21.3. The van der Waals surface area contributed by atoms with Crippen molar-refractivity contribution < 1.29 is 19.3 Å². The van der Waals surface area contributed by atoms with Crippen LogP contribution < -0.4 is 19.9 Å². The SMILES string of the molecule is CCOc1cc([C@@H]2C(C#N)=C(N)Oc3n[nH]c(-c4ccc(OC)cc4)c32)ccc1O. The van der Waals surface area contributed by atoms with E-state index >= 15 is 0 Å². The third kappa shape index (κ3) is 3.16. The first kappa shape index (κ1) is 19.2. The number of nitriles is 1. The predicted molar refractivity (Wildman–Crippen MR) is 109 cm³/mol. The molecule has 30 heavy (non-hydrogen) atoms. The fourth-order valence-electron chi connectivity index (χ4n) is 3.54. The molecule has 0 fully saturated rings. The fourth-order valence-corrected chi connectivity index (χ4v) is 3.54. The number of fused-ring (bicyclic) bond motifs is 1. The molecule has 0 aliphatic carbocycles. The van der Waals surface area contributed by atoms with Crippen molar-refractivity contribution in [3.63, 3.8) is 0 Å². The Hall–Kier alpha value is -4.12. The zero-order valence-corrected chi connectivity index (χ0v) is 16.5. The second-order valence-corrected chi connectivity index (χ2v) is 6.63. The summed E-state index contributed by atoms with van der Waals surface area (Å²) in [6.07, 6.45) is 0. The van der Waals surface area contributed by atoms with Gasteiger partial charge in [-0.25, -0.2) is 0 Å². The van der Waals surface area contributed by atoms with Crippen LogP contribution in [0.1, 0.15) is 24.0 Å². The number of aromatic amines is 1. The molecule has 4 N–H and O–H groups in total. The van der Waals surface area contributed by atoms with Gasteiger partial charge < -0.3 is 25.1 Å². The highest BCUT2D eigenvalue weighted by molar-refractivity contribution is 5.71. The molecular weight excluding hydrogens is 384 g/mol. The molecule has 0 unspecified atom stereocenters. The Balaban J connectivity index is 1.90. The maximum absolute atomic E-state index is 10.1. The van der Waals surface area contributed by atoms with Crippen LogP contribution in [-0.4, -0.2) is 29.0 Å². The summed E-state index contributed by atoms with van der Waals surface area (Å²) in [6, 6.07) is 14.6. The third-order valence-electron chi connectivity index (χ3n) is 4.93. The number of nitrogens with two attached hydrogens (primary N) is 1. The summed E-state index contributed by atoms with van der Waals surface area (Å²) in [6.45, 7) is 2.22. The highest BCUT2D eigenvalue weighted by atomic mass is 16.5. The number of hydrogen-bond donors (Lipinski definition) is 3. The van der Waals surface area contributed by atoms with Gasteiger partial charge in [0.05, 0.1) is 30.9 Å². The first-order chi connectivity index (χ1) is 14.6. The van der Waals surface area contributed by atoms with E-state index in [4.69, 9.17) is 19.9 Å². The molecule has 1 atom stereocenters. The first-order valence-corrected chi connectivity index (χ1v) is 9.33. The number of nitrogens with one attached hydrogen (secondary N) is 1. The molecule has 0 bridgehead atoms. The number of nitrogens with zero attached hydrogens (tertiary/aromatic N) is 2. The van der Waals surface area contributed by atoms with Crippen molar-refractivity contribution in [2.75, 3.05) is 13.7 Å². The van der Waals surface area contributed by atoms with Gasteiger partial charge in [-0.05, 0) is 48.9 Å². The molecule has 0 spiro atoms. The van der Waals surface area contributed by atoms with E-state index in [1.165, 1.54) is 6.07 Å². The fraction of sp³-hybridized carbons (Fsp3) is 0.182. The van der Waals surface area contributed by atoms with E-state index in [0.717, 1.165) is 16.9 Å². The van der Waals surface area contributed by atoms with E-state index in [2.05, 4.69) is 16.3 Å². The number of rotatable bonds is 5. The predicted octanol–water partition coefficient (Wildman–Crippen LogP) is 3.41. The molecule has 1 aliphatic rings. The molecule has 8 heteroatoms. The number of H-pyrrole nitrogens is 1. The molecule has 8 nitrogen and oxygen atoms in total. The van der Waals surface area contributed by atoms with Crippen molar-refractivity contribution in [1.82, 2.24) is 10.2 Å². The van der Waals surface area contributed by atoms with E-state index in [9.17, 15) is 10.4 Å². The van der Waals surface area contributed by atoms with Gasteiger partial charge in [-0.3, -0.25) is 5.10 Å². The Labute approximate surface area is 173 Å². The third-order valence-corrected chi connectivity index (χ3v) is 4.93. The Kier molecular flexibility index (Phi) is 4.94. The molecule has 1 aromatic heterocycles. The van der Waals surface area contributed by atoms with Crippen molar-refractivity contribution in [1.29, 1.82) is 5.26 Å². The monoisotopic (exact) mass is 404 g/mol. The Morgan fingerprint density at radius 2 is 2.03 bits per heavy atom. The van der Waals surface area contributed by atoms with Crippen molar-refractivity contribution >= 4 is 0 Å². The number of phenolic OH excluding ortho intramolecular Hbond substituents is 1. The lowest BCUT2D eigenvalue weighted by molar-refractivity contribution is 0.317. The average molecular weight is 404 g/mol. The minimum Gasteiger partial charge on any atom is -0.504 e. The second-order valence-electron chi connectivity index (χ2n) is 6.63. The van der Waals surface area contributed by atoms with Crippen molar-refractivity contribution in [3.05, 3.63) is 65.0 Å². The highest BCUT2D eigenvalue weighted by Crippen LogP contribution is 2.47. The van der Waals surface area contributed by atoms with Crippen LogP contribution in [0.2, 0.25) is 0 Å². The standard InChI is InChI=1S/C22H20N4O4/c1-3-29-17-10-13(6-9-16(17)27)18-15(11-23)21(24)30-22-19(18)20(25-26-22)12-4-7-14(28-2)8-5-12/h4-10,18,27H,3,24H2,1-2H3,(H,25,26)/t18-/m1/s1. The molecule has 0 saturated carbocycles. The number of aromatic nitrogens is 2. The maximum atomic E-state index is 10.1. The number of allylic oxidation sites excluding steroid dienone is 1. The highest BCUT2D eigenvalue weighted by Gasteiger charge is 2.36. The maximum Gasteiger partial charge on any atom is 0.244 e. The largest absolute Gasteiger partial charge is 0.504 e. The molecule has 0 saturated heterocycles. The van der Waals surface area contributed by atoms with Crippen molar-refractivity contribution in [2.45, 2.75) is 12.8 Å². The first-order valence-electron chi connectivity index (χ1n) is 9.33. The van der Waals surface area contributed by atoms with Gasteiger partial charge in [-0.1, -0.05) is 6.07 Å². The summed E-state index contributed by atoms with van der Waals surface area (Å²) in [4.78, 5) is 0. The normalized spacial score (nSPS) is 15.2. The van der Waals surface area contributed by atoms with Crippen LogP contribution in [0.3, 0.4) is 0 Å². The number of aromatic hydroxyl groups is 1. The molecule has 1 aliphatic heterocycles. The lowest BCUT2D eigenvalue weighted by Crippen LogP contribution is -2.21. The molecular formula is C22H20N4O4. The quantitative estimate of drug-likeness (QED) is 0.595. The number of ether oxygens (including phenoxy) is 3. The lowest BCUT2D eigenvalue weighted by Gasteiger charge is -2.24. The van der Waals surface area contributed by atoms with E-state index < -0.39 is 5.92 Å². The molecule has 3 aromatic rings. The van der Waals surface area contributed by atoms with Crippen LogP contribution in [0.25, 0.3) is 11.3 Å². The molecule has 152 valence electrons. The number of methoxy groups -OCH3 is 1. The van der Waals surface area contributed by atoms with Gasteiger partial charge in [-0.15, -0.1) is 5.10 Å². The molecule has 2 aromatic carbocycles. The molecule has 2 heterocycles. The Morgan fingerprint density at radius 1 is 1.27 bits per heavy atom. The van der Waals surface area contributed by atoms with Crippen LogP contribution in [0, 0.1) is 11.3 Å². The summed E-state index contributed by atoms with van der Waals surface area (Å²) >= 11 is 0. The van der Waals surface area contributed by atoms with Gasteiger partial charge in [0.2, 0.25) is 11.8 Å². The summed E-state index contributed by atoms with van der Waals surface area (Å²) in [7, 11) is 1.60. The van der Waals surface area contributed by atoms with Gasteiger partial charge in [0, 0.05) is 5.56 Å². The van der Waals surface area contributed by atoms with E-state index in [1.807, 2.05) is 31.2 Å². The smallest absolute Gasteiger partial charge is 0.244 e. The van der Waals surface area contributed by atoms with E-state index in [-0.39, 0.29) is 17.2 Å². The lowest BCUT2D eigenvalue weighted by atomic mass is 9.83. The number of phenols is 1. The summed E-state index contributed by atoms with van der Waals surface area (Å²) < 4.78 is 16.4. The molecule has 0 amide bonds. The van der Waals surface area contributed by atoms with Crippen molar-refractivity contribution in [3.8, 4) is 40.5 Å². The molecule has 4 rings (SSSR count). The van der Waals surface area contributed by atoms with Gasteiger partial charge in [0.25, 0.3) is 0 Å². The van der Waals surface area contributed by atoms with Gasteiger partial charge in [-0.2, -0.15) is 5.26 Å². The van der Waals surface area contributed by atoms with Gasteiger partial charge >= 0.3 is 0 Å². The average Bonchev–Trinajstić information content (AvgIpc) is 3.18. The second kappa shape index (κ2) is 7.72. The minimum atomic E-state index is -0.547. The van der Waals surface area contributed by atoms with Crippen molar-refractivity contribution in [2.24, 2.45) is 5.73 Å². The van der Waals surface area contributed by atoms with Crippen LogP contribution in [-0.2, 0) is 0 Å². The summed E-state index contributed by atoms with van der Waals surface area (Å²) in [5.74, 6) is 0.817. The number of benzene rings is 2. The van der Waals surface area contributed by atoms with E-state index in [1.54, 1.807) is 19.2 Å². The van der Waals surface area contributed by atoms with Crippen LogP contribution in [0.5, 0.6) is 23.1 Å². The Bertz CT molecular complexity index is 1160. The summed E-state index contributed by atoms with van der Waals surface area (Å²) in [5, 5.41) is 27.2. The summed E-state index contributed by atoms with van der Waals surface area (Å²) in [5.41, 5.74) is 9.23. The van der Waals surface area contributed by atoms with Gasteiger partial charge in [0.15, 0.2) is 11.5 Å². The Morgan fingerprint density at radius 3 is 2.70 bits per heavy atom. The van der Waals surface area contributed by atoms with Crippen LogP contribution in [0.4, 0.5) is 0 Å². The topological polar surface area (TPSA) is 126 Å².